The highest BCUT2D eigenvalue weighted by Crippen LogP contribution is 2.25. The molecule has 1 N–H and O–H groups in total. The van der Waals surface area contributed by atoms with Gasteiger partial charge in [0.15, 0.2) is 0 Å². The third kappa shape index (κ3) is 4.41. The number of anilines is 1. The van der Waals surface area contributed by atoms with E-state index in [1.54, 1.807) is 47.0 Å². The minimum absolute atomic E-state index is 0.0504. The molecule has 0 atom stereocenters. The molecule has 0 saturated heterocycles. The van der Waals surface area contributed by atoms with E-state index >= 15 is 0 Å². The quantitative estimate of drug-likeness (QED) is 0.456. The molecule has 0 aliphatic rings. The summed E-state index contributed by atoms with van der Waals surface area (Å²) in [5.41, 5.74) is 3.10. The second kappa shape index (κ2) is 9.10. The molecule has 0 saturated carbocycles. The Morgan fingerprint density at radius 1 is 1.20 bits per heavy atom. The van der Waals surface area contributed by atoms with Crippen LogP contribution in [0.5, 0.6) is 5.75 Å². The molecule has 0 aliphatic carbocycles. The molecule has 2 aromatic carbocycles. The largest absolute Gasteiger partial charge is 0.494 e. The SMILES string of the molecule is CCOc1cccc(NC(=O)/C(C#N)=C\c2cc(C)n(-c3ccccc3F)c2C)c1. The normalized spacial score (nSPS) is 11.1. The zero-order chi connectivity index (χ0) is 21.7. The minimum Gasteiger partial charge on any atom is -0.494 e. The van der Waals surface area contributed by atoms with Crippen LogP contribution in [0.1, 0.15) is 23.9 Å². The summed E-state index contributed by atoms with van der Waals surface area (Å²) in [5, 5.41) is 12.2. The van der Waals surface area contributed by atoms with Gasteiger partial charge >= 0.3 is 0 Å². The number of nitrogens with zero attached hydrogens (tertiary/aromatic N) is 2. The van der Waals surface area contributed by atoms with E-state index in [4.69, 9.17) is 4.74 Å². The monoisotopic (exact) mass is 403 g/mol. The number of nitrogens with one attached hydrogen (secondary N) is 1. The molecular formula is C24H22FN3O2. The molecule has 30 heavy (non-hydrogen) atoms. The lowest BCUT2D eigenvalue weighted by atomic mass is 10.1. The maximum absolute atomic E-state index is 14.3. The maximum atomic E-state index is 14.3. The van der Waals surface area contributed by atoms with Gasteiger partial charge in [-0.25, -0.2) is 4.39 Å². The van der Waals surface area contributed by atoms with E-state index in [0.717, 1.165) is 11.4 Å². The zero-order valence-electron chi connectivity index (χ0n) is 17.1. The predicted molar refractivity (Wildman–Crippen MR) is 115 cm³/mol. The first-order chi connectivity index (χ1) is 14.4. The van der Waals surface area contributed by atoms with E-state index in [1.807, 2.05) is 32.9 Å². The van der Waals surface area contributed by atoms with E-state index in [1.165, 1.54) is 12.1 Å². The zero-order valence-corrected chi connectivity index (χ0v) is 17.1. The van der Waals surface area contributed by atoms with Crippen LogP contribution < -0.4 is 10.1 Å². The van der Waals surface area contributed by atoms with E-state index < -0.39 is 5.91 Å². The van der Waals surface area contributed by atoms with Gasteiger partial charge in [0.25, 0.3) is 5.91 Å². The van der Waals surface area contributed by atoms with Crippen LogP contribution in [0, 0.1) is 31.0 Å². The lowest BCUT2D eigenvalue weighted by Crippen LogP contribution is -2.13. The number of carbonyl (C=O) groups excluding carboxylic acids is 1. The van der Waals surface area contributed by atoms with Crippen LogP contribution >= 0.6 is 0 Å². The Morgan fingerprint density at radius 2 is 1.97 bits per heavy atom. The molecule has 0 aliphatic heterocycles. The number of halogens is 1. The molecule has 0 unspecified atom stereocenters. The topological polar surface area (TPSA) is 67.0 Å². The molecular weight excluding hydrogens is 381 g/mol. The Kier molecular flexibility index (Phi) is 6.33. The summed E-state index contributed by atoms with van der Waals surface area (Å²) in [4.78, 5) is 12.6. The van der Waals surface area contributed by atoms with E-state index in [9.17, 15) is 14.4 Å². The van der Waals surface area contributed by atoms with Gasteiger partial charge in [0.05, 0.1) is 12.3 Å². The third-order valence-corrected chi connectivity index (χ3v) is 4.63. The fourth-order valence-electron chi connectivity index (χ4n) is 3.27. The lowest BCUT2D eigenvalue weighted by molar-refractivity contribution is -0.112. The van der Waals surface area contributed by atoms with Crippen molar-refractivity contribution in [3.05, 3.63) is 82.9 Å². The Labute approximate surface area is 175 Å². The van der Waals surface area contributed by atoms with Crippen LogP contribution in [0.2, 0.25) is 0 Å². The van der Waals surface area contributed by atoms with Crippen molar-refractivity contribution in [1.29, 1.82) is 5.26 Å². The molecule has 1 aromatic heterocycles. The standard InChI is InChI=1S/C24H22FN3O2/c1-4-30-21-9-7-8-20(14-21)27-24(29)19(15-26)13-18-12-16(2)28(17(18)3)23-11-6-5-10-22(23)25/h5-14H,4H2,1-3H3,(H,27,29)/b19-13-. The summed E-state index contributed by atoms with van der Waals surface area (Å²) >= 11 is 0. The smallest absolute Gasteiger partial charge is 0.266 e. The highest BCUT2D eigenvalue weighted by Gasteiger charge is 2.15. The number of hydrogen-bond donors (Lipinski definition) is 1. The first-order valence-electron chi connectivity index (χ1n) is 9.54. The number of aryl methyl sites for hydroxylation is 1. The minimum atomic E-state index is -0.526. The van der Waals surface area contributed by atoms with Gasteiger partial charge in [0.2, 0.25) is 0 Å². The van der Waals surface area contributed by atoms with Gasteiger partial charge in [-0.05, 0) is 62.7 Å². The summed E-state index contributed by atoms with van der Waals surface area (Å²) in [5.74, 6) is -0.240. The molecule has 5 nitrogen and oxygen atoms in total. The van der Waals surface area contributed by atoms with Crippen LogP contribution in [0.15, 0.2) is 60.2 Å². The molecule has 0 bridgehead atoms. The van der Waals surface area contributed by atoms with Crippen molar-refractivity contribution in [3.8, 4) is 17.5 Å². The van der Waals surface area contributed by atoms with Crippen molar-refractivity contribution in [2.75, 3.05) is 11.9 Å². The van der Waals surface area contributed by atoms with Crippen molar-refractivity contribution >= 4 is 17.7 Å². The maximum Gasteiger partial charge on any atom is 0.266 e. The Bertz CT molecular complexity index is 1160. The van der Waals surface area contributed by atoms with Crippen molar-refractivity contribution in [1.82, 2.24) is 4.57 Å². The number of carbonyl (C=O) groups is 1. The molecule has 1 heterocycles. The summed E-state index contributed by atoms with van der Waals surface area (Å²) < 4.78 is 21.5. The van der Waals surface area contributed by atoms with Gasteiger partial charge in [0.1, 0.15) is 23.2 Å². The molecule has 0 fully saturated rings. The number of ether oxygens (including phenoxy) is 1. The van der Waals surface area contributed by atoms with Gasteiger partial charge in [-0.2, -0.15) is 5.26 Å². The van der Waals surface area contributed by atoms with Gasteiger partial charge in [0, 0.05) is 23.1 Å². The number of aromatic nitrogens is 1. The average Bonchev–Trinajstić information content (AvgIpc) is 3.00. The van der Waals surface area contributed by atoms with Crippen LogP contribution in [0.3, 0.4) is 0 Å². The fourth-order valence-corrected chi connectivity index (χ4v) is 3.27. The molecule has 0 radical (unpaired) electrons. The van der Waals surface area contributed by atoms with Crippen molar-refractivity contribution in [2.45, 2.75) is 20.8 Å². The number of hydrogen-bond acceptors (Lipinski definition) is 3. The number of amides is 1. The average molecular weight is 403 g/mol. The van der Waals surface area contributed by atoms with Gasteiger partial charge in [-0.1, -0.05) is 18.2 Å². The molecule has 1 amide bonds. The Hall–Kier alpha value is -3.85. The second-order valence-corrected chi connectivity index (χ2v) is 6.70. The van der Waals surface area contributed by atoms with Crippen LogP contribution in [-0.2, 0) is 4.79 Å². The van der Waals surface area contributed by atoms with Gasteiger partial charge in [-0.3, -0.25) is 4.79 Å². The first-order valence-corrected chi connectivity index (χ1v) is 9.54. The Balaban J connectivity index is 1.91. The molecule has 0 spiro atoms. The van der Waals surface area contributed by atoms with E-state index in [-0.39, 0.29) is 11.4 Å². The molecule has 3 rings (SSSR count). The van der Waals surface area contributed by atoms with E-state index in [0.29, 0.717) is 29.3 Å². The van der Waals surface area contributed by atoms with Crippen LogP contribution in [-0.4, -0.2) is 17.1 Å². The fraction of sp³-hybridized carbons (Fsp3) is 0.167. The number of nitriles is 1. The van der Waals surface area contributed by atoms with Crippen molar-refractivity contribution in [3.63, 3.8) is 0 Å². The number of benzene rings is 2. The highest BCUT2D eigenvalue weighted by atomic mass is 19.1. The summed E-state index contributed by atoms with van der Waals surface area (Å²) in [6.07, 6.45) is 1.52. The molecule has 152 valence electrons. The third-order valence-electron chi connectivity index (χ3n) is 4.63. The van der Waals surface area contributed by atoms with E-state index in [2.05, 4.69) is 5.32 Å². The van der Waals surface area contributed by atoms with Crippen molar-refractivity contribution in [2.24, 2.45) is 0 Å². The number of rotatable bonds is 6. The summed E-state index contributed by atoms with van der Waals surface area (Å²) in [7, 11) is 0. The van der Waals surface area contributed by atoms with Gasteiger partial charge < -0.3 is 14.6 Å². The number of para-hydroxylation sites is 1. The summed E-state index contributed by atoms with van der Waals surface area (Å²) in [6.45, 7) is 6.06. The molecule has 3 aromatic rings. The Morgan fingerprint density at radius 3 is 2.67 bits per heavy atom. The highest BCUT2D eigenvalue weighted by molar-refractivity contribution is 6.09. The molecule has 6 heteroatoms. The van der Waals surface area contributed by atoms with Crippen molar-refractivity contribution < 1.29 is 13.9 Å². The predicted octanol–water partition coefficient (Wildman–Crippen LogP) is 5.18. The van der Waals surface area contributed by atoms with Gasteiger partial charge in [-0.15, -0.1) is 0 Å². The van der Waals surface area contributed by atoms with Crippen LogP contribution in [0.4, 0.5) is 10.1 Å². The van der Waals surface area contributed by atoms with Crippen LogP contribution in [0.25, 0.3) is 11.8 Å². The lowest BCUT2D eigenvalue weighted by Gasteiger charge is -2.10. The first kappa shape index (κ1) is 20.9. The second-order valence-electron chi connectivity index (χ2n) is 6.70. The summed E-state index contributed by atoms with van der Waals surface area (Å²) in [6, 6.07) is 17.2.